The molecule has 2 aromatic heterocycles. The molecule has 14 nitrogen and oxygen atoms in total. The Morgan fingerprint density at radius 3 is 1.61 bits per heavy atom. The zero-order chi connectivity index (χ0) is 40.0. The number of methoxy groups -OCH3 is 2. The first kappa shape index (κ1) is 44.4. The number of hydrogen-bond donors (Lipinski definition) is 4. The Morgan fingerprint density at radius 2 is 1.11 bits per heavy atom. The second-order valence-electron chi connectivity index (χ2n) is 13.7. The lowest BCUT2D eigenvalue weighted by atomic mass is 9.79. The first-order chi connectivity index (χ1) is 27.0. The molecule has 0 aliphatic heterocycles. The lowest BCUT2D eigenvalue weighted by Crippen LogP contribution is -2.36. The number of ether oxygens (including phenoxy) is 2. The van der Waals surface area contributed by atoms with Crippen LogP contribution in [0, 0.1) is 6.92 Å². The molecule has 0 aliphatic rings. The molecule has 0 amide bonds. The SMILES string of the molecule is C.COc1ccc(Cn2cc(CN(Cc3ccc(B(O)O)cc3)B(C)O)nn2)cc1.COc1ccc(Cn2nncc2CN(Cc2ccc(C)cc2)B(C)O)cc1. The second-order valence-corrected chi connectivity index (χ2v) is 13.7. The largest absolute Gasteiger partial charge is 0.497 e. The van der Waals surface area contributed by atoms with Crippen LogP contribution in [0.5, 0.6) is 11.5 Å². The minimum atomic E-state index is -1.49. The van der Waals surface area contributed by atoms with Gasteiger partial charge in [0.25, 0.3) is 0 Å². The van der Waals surface area contributed by atoms with Gasteiger partial charge in [-0.15, -0.1) is 10.2 Å². The zero-order valence-corrected chi connectivity index (χ0v) is 32.6. The van der Waals surface area contributed by atoms with E-state index in [-0.39, 0.29) is 7.43 Å². The predicted molar refractivity (Wildman–Crippen MR) is 225 cm³/mol. The van der Waals surface area contributed by atoms with E-state index in [1.807, 2.05) is 81.2 Å². The van der Waals surface area contributed by atoms with E-state index in [1.54, 1.807) is 50.9 Å². The highest BCUT2D eigenvalue weighted by Gasteiger charge is 2.21. The van der Waals surface area contributed by atoms with E-state index in [1.165, 1.54) is 5.56 Å². The van der Waals surface area contributed by atoms with Gasteiger partial charge in [0.1, 0.15) is 11.5 Å². The van der Waals surface area contributed by atoms with Crippen LogP contribution in [0.4, 0.5) is 0 Å². The Kier molecular flexibility index (Phi) is 17.0. The Labute approximate surface area is 336 Å². The summed E-state index contributed by atoms with van der Waals surface area (Å²) in [6, 6.07) is 31.0. The molecule has 2 heterocycles. The third-order valence-corrected chi connectivity index (χ3v) is 9.24. The van der Waals surface area contributed by atoms with Crippen molar-refractivity contribution in [1.82, 2.24) is 39.6 Å². The van der Waals surface area contributed by atoms with Crippen molar-refractivity contribution in [2.24, 2.45) is 0 Å². The van der Waals surface area contributed by atoms with Gasteiger partial charge in [-0.05, 0) is 72.6 Å². The van der Waals surface area contributed by atoms with Gasteiger partial charge in [0, 0.05) is 26.2 Å². The van der Waals surface area contributed by atoms with E-state index >= 15 is 0 Å². The van der Waals surface area contributed by atoms with Crippen molar-refractivity contribution in [1.29, 1.82) is 0 Å². The summed E-state index contributed by atoms with van der Waals surface area (Å²) in [5.74, 6) is 1.64. The fraction of sp³-hybridized carbons (Fsp3) is 0.300. The van der Waals surface area contributed by atoms with Crippen molar-refractivity contribution >= 4 is 26.7 Å². The van der Waals surface area contributed by atoms with E-state index in [2.05, 4.69) is 51.8 Å². The van der Waals surface area contributed by atoms with Crippen molar-refractivity contribution in [3.63, 3.8) is 0 Å². The van der Waals surface area contributed by atoms with Crippen molar-refractivity contribution in [2.45, 2.75) is 67.3 Å². The lowest BCUT2D eigenvalue weighted by Gasteiger charge is -2.23. The molecule has 0 unspecified atom stereocenters. The van der Waals surface area contributed by atoms with Crippen molar-refractivity contribution in [3.8, 4) is 11.5 Å². The number of aryl methyl sites for hydroxylation is 1. The van der Waals surface area contributed by atoms with Crippen LogP contribution in [-0.4, -0.2) is 95.1 Å². The van der Waals surface area contributed by atoms with Gasteiger partial charge in [-0.1, -0.05) is 96.2 Å². The summed E-state index contributed by atoms with van der Waals surface area (Å²) in [5, 5.41) is 55.4. The number of aromatic nitrogens is 6. The van der Waals surface area contributed by atoms with E-state index in [0.29, 0.717) is 44.7 Å². The Balaban J connectivity index is 0.000000249. The molecule has 0 spiro atoms. The Morgan fingerprint density at radius 1 is 0.614 bits per heavy atom. The molecule has 0 aliphatic carbocycles. The van der Waals surface area contributed by atoms with E-state index in [9.17, 15) is 20.1 Å². The molecule has 57 heavy (non-hydrogen) atoms. The quantitative estimate of drug-likeness (QED) is 0.0999. The van der Waals surface area contributed by atoms with Gasteiger partial charge in [-0.25, -0.2) is 9.36 Å². The number of benzene rings is 4. The second kappa shape index (κ2) is 21.9. The lowest BCUT2D eigenvalue weighted by molar-refractivity contribution is 0.343. The standard InChI is InChI=1S/C20H25BN4O2.C19H24B2N4O4.CH4/c1-16-4-6-17(7-5-16)13-24(21(2)26)15-19-12-22-23-25(19)14-18-8-10-20(27-3)11-9-18;1-20(26)24(11-15-3-7-17(8-4-15)21(27)28)13-18-14-25(23-22-18)12-16-5-9-19(29-2)10-6-16;/h4-12,26H,13-15H2,1-3H3;3-10,14,26-28H,11-13H2,1-2H3;1H4. The Hall–Kier alpha value is -5.29. The van der Waals surface area contributed by atoms with Gasteiger partial charge in [0.15, 0.2) is 0 Å². The van der Waals surface area contributed by atoms with Crippen LogP contribution in [0.1, 0.15) is 46.6 Å². The van der Waals surface area contributed by atoms with E-state index in [0.717, 1.165) is 45.1 Å². The van der Waals surface area contributed by atoms with Crippen LogP contribution < -0.4 is 14.9 Å². The van der Waals surface area contributed by atoms with Gasteiger partial charge in [-0.2, -0.15) is 0 Å². The average molecular weight is 774 g/mol. The smallest absolute Gasteiger partial charge is 0.488 e. The minimum Gasteiger partial charge on any atom is -0.497 e. The summed E-state index contributed by atoms with van der Waals surface area (Å²) in [6.45, 7) is 8.92. The van der Waals surface area contributed by atoms with E-state index < -0.39 is 21.2 Å². The Bertz CT molecular complexity index is 2050. The van der Waals surface area contributed by atoms with E-state index in [4.69, 9.17) is 9.47 Å². The van der Waals surface area contributed by atoms with Crippen LogP contribution in [-0.2, 0) is 39.3 Å². The fourth-order valence-corrected chi connectivity index (χ4v) is 5.86. The van der Waals surface area contributed by atoms with Gasteiger partial charge in [0.05, 0.1) is 51.1 Å². The molecule has 0 radical (unpaired) electrons. The molecule has 4 aromatic carbocycles. The van der Waals surface area contributed by atoms with Crippen molar-refractivity contribution < 1.29 is 29.6 Å². The summed E-state index contributed by atoms with van der Waals surface area (Å²) in [6.07, 6.45) is 3.62. The third kappa shape index (κ3) is 13.7. The number of nitrogens with zero attached hydrogens (tertiary/aromatic N) is 8. The number of hydrogen-bond acceptors (Lipinski definition) is 12. The molecule has 0 saturated carbocycles. The van der Waals surface area contributed by atoms with Crippen molar-refractivity contribution in [2.75, 3.05) is 14.2 Å². The monoisotopic (exact) mass is 774 g/mol. The van der Waals surface area contributed by atoms with Crippen LogP contribution in [0.2, 0.25) is 13.6 Å². The minimum absolute atomic E-state index is 0. The summed E-state index contributed by atoms with van der Waals surface area (Å²) in [4.78, 5) is 3.85. The molecule has 4 N–H and O–H groups in total. The summed E-state index contributed by atoms with van der Waals surface area (Å²) >= 11 is 0. The fourth-order valence-electron chi connectivity index (χ4n) is 5.86. The molecule has 6 rings (SSSR count). The summed E-state index contributed by atoms with van der Waals surface area (Å²) in [7, 11) is 0.554. The van der Waals surface area contributed by atoms with Crippen LogP contribution in [0.3, 0.4) is 0 Å². The van der Waals surface area contributed by atoms with Crippen molar-refractivity contribution in [3.05, 3.63) is 149 Å². The molecule has 0 saturated heterocycles. The first-order valence-electron chi connectivity index (χ1n) is 18.4. The number of rotatable bonds is 17. The van der Waals surface area contributed by atoms with Crippen LogP contribution in [0.15, 0.2) is 109 Å². The summed E-state index contributed by atoms with van der Waals surface area (Å²) in [5.41, 5.74) is 7.67. The highest BCUT2D eigenvalue weighted by molar-refractivity contribution is 6.58. The zero-order valence-electron chi connectivity index (χ0n) is 32.6. The van der Waals surface area contributed by atoms with Gasteiger partial charge in [-0.3, -0.25) is 0 Å². The third-order valence-electron chi connectivity index (χ3n) is 9.24. The van der Waals surface area contributed by atoms with Gasteiger partial charge < -0.3 is 39.2 Å². The molecular formula is C40H53B3N8O6. The maximum absolute atomic E-state index is 10.2. The topological polar surface area (TPSA) is 167 Å². The maximum atomic E-state index is 10.2. The maximum Gasteiger partial charge on any atom is 0.488 e. The van der Waals surface area contributed by atoms with Crippen LogP contribution >= 0.6 is 0 Å². The first-order valence-corrected chi connectivity index (χ1v) is 18.4. The highest BCUT2D eigenvalue weighted by atomic mass is 16.5. The molecule has 298 valence electrons. The molecular weight excluding hydrogens is 721 g/mol. The van der Waals surface area contributed by atoms with Gasteiger partial charge >= 0.3 is 21.2 Å². The normalized spacial score (nSPS) is 10.8. The highest BCUT2D eigenvalue weighted by Crippen LogP contribution is 2.16. The molecule has 0 fully saturated rings. The van der Waals surface area contributed by atoms with Crippen LogP contribution in [0.25, 0.3) is 0 Å². The summed E-state index contributed by atoms with van der Waals surface area (Å²) < 4.78 is 14.0. The molecule has 0 bridgehead atoms. The molecule has 0 atom stereocenters. The van der Waals surface area contributed by atoms with Gasteiger partial charge in [0.2, 0.25) is 0 Å². The molecule has 17 heteroatoms. The molecule has 6 aromatic rings. The predicted octanol–water partition coefficient (Wildman–Crippen LogP) is 3.52. The average Bonchev–Trinajstić information content (AvgIpc) is 3.84.